The summed E-state index contributed by atoms with van der Waals surface area (Å²) in [4.78, 5) is 0. The highest BCUT2D eigenvalue weighted by atomic mass is 35.5. The smallest absolute Gasteiger partial charge is 0.0553 e. The molecule has 0 radical (unpaired) electrons. The van der Waals surface area contributed by atoms with Gasteiger partial charge in [-0.05, 0) is 49.7 Å². The highest BCUT2D eigenvalue weighted by Crippen LogP contribution is 2.20. The van der Waals surface area contributed by atoms with Crippen LogP contribution in [0.5, 0.6) is 0 Å². The molecule has 1 aromatic heterocycles. The molecule has 0 atom stereocenters. The van der Waals surface area contributed by atoms with Crippen molar-refractivity contribution in [3.63, 3.8) is 0 Å². The van der Waals surface area contributed by atoms with Gasteiger partial charge in [0.25, 0.3) is 0 Å². The molecule has 0 unspecified atom stereocenters. The molecule has 90 valence electrons. The maximum Gasteiger partial charge on any atom is 0.0553 e. The van der Waals surface area contributed by atoms with Crippen LogP contribution in [0.4, 0.5) is 5.69 Å². The van der Waals surface area contributed by atoms with Crippen LogP contribution in [0, 0.1) is 6.92 Å². The Morgan fingerprint density at radius 2 is 2.12 bits per heavy atom. The molecule has 1 N–H and O–H groups in total. The third-order valence-corrected chi connectivity index (χ3v) is 3.15. The van der Waals surface area contributed by atoms with Crippen LogP contribution in [0.2, 0.25) is 5.02 Å². The standard InChI is InChI=1S/C14H17ClN2/c1-3-17-8-4-5-13(17)10-16-14-7-6-12(15)9-11(14)2/h4-9,16H,3,10H2,1-2H3. The van der Waals surface area contributed by atoms with Crippen LogP contribution in [0.25, 0.3) is 0 Å². The number of hydrogen-bond donors (Lipinski definition) is 1. The van der Waals surface area contributed by atoms with Gasteiger partial charge in [0.2, 0.25) is 0 Å². The second-order valence-electron chi connectivity index (χ2n) is 4.10. The lowest BCUT2D eigenvalue weighted by atomic mass is 10.2. The molecular formula is C14H17ClN2. The fourth-order valence-electron chi connectivity index (χ4n) is 1.93. The Hall–Kier alpha value is -1.41. The number of nitrogens with one attached hydrogen (secondary N) is 1. The Morgan fingerprint density at radius 3 is 2.82 bits per heavy atom. The number of nitrogens with zero attached hydrogens (tertiary/aromatic N) is 1. The molecular weight excluding hydrogens is 232 g/mol. The van der Waals surface area contributed by atoms with E-state index in [-0.39, 0.29) is 0 Å². The summed E-state index contributed by atoms with van der Waals surface area (Å²) in [5, 5.41) is 4.22. The van der Waals surface area contributed by atoms with Crippen molar-refractivity contribution >= 4 is 17.3 Å². The number of aromatic nitrogens is 1. The molecule has 0 saturated heterocycles. The van der Waals surface area contributed by atoms with Gasteiger partial charge in [-0.1, -0.05) is 11.6 Å². The van der Waals surface area contributed by atoms with Crippen molar-refractivity contribution in [1.29, 1.82) is 0 Å². The average molecular weight is 249 g/mol. The summed E-state index contributed by atoms with van der Waals surface area (Å²) in [6.45, 7) is 6.05. The SMILES string of the molecule is CCn1cccc1CNc1ccc(Cl)cc1C. The summed E-state index contributed by atoms with van der Waals surface area (Å²) in [6.07, 6.45) is 2.10. The van der Waals surface area contributed by atoms with Gasteiger partial charge in [0.05, 0.1) is 6.54 Å². The number of halogens is 1. The van der Waals surface area contributed by atoms with Crippen LogP contribution in [0.15, 0.2) is 36.5 Å². The molecule has 3 heteroatoms. The van der Waals surface area contributed by atoms with E-state index >= 15 is 0 Å². The lowest BCUT2D eigenvalue weighted by molar-refractivity contribution is 0.724. The second kappa shape index (κ2) is 5.28. The van der Waals surface area contributed by atoms with Crippen molar-refractivity contribution in [3.8, 4) is 0 Å². The van der Waals surface area contributed by atoms with Crippen LogP contribution in [0.1, 0.15) is 18.2 Å². The van der Waals surface area contributed by atoms with Gasteiger partial charge in [-0.3, -0.25) is 0 Å². The predicted octanol–water partition coefficient (Wildman–Crippen LogP) is 4.08. The van der Waals surface area contributed by atoms with Gasteiger partial charge in [-0.2, -0.15) is 0 Å². The van der Waals surface area contributed by atoms with E-state index in [0.29, 0.717) is 0 Å². The summed E-state index contributed by atoms with van der Waals surface area (Å²) in [5.74, 6) is 0. The fourth-order valence-corrected chi connectivity index (χ4v) is 2.16. The van der Waals surface area contributed by atoms with E-state index in [9.17, 15) is 0 Å². The van der Waals surface area contributed by atoms with Crippen LogP contribution in [0.3, 0.4) is 0 Å². The molecule has 0 fully saturated rings. The monoisotopic (exact) mass is 248 g/mol. The van der Waals surface area contributed by atoms with E-state index in [1.807, 2.05) is 18.2 Å². The van der Waals surface area contributed by atoms with Gasteiger partial charge in [-0.25, -0.2) is 0 Å². The zero-order valence-electron chi connectivity index (χ0n) is 10.2. The second-order valence-corrected chi connectivity index (χ2v) is 4.53. The predicted molar refractivity (Wildman–Crippen MR) is 73.6 cm³/mol. The van der Waals surface area contributed by atoms with Crippen LogP contribution >= 0.6 is 11.6 Å². The summed E-state index contributed by atoms with van der Waals surface area (Å²) >= 11 is 5.93. The van der Waals surface area contributed by atoms with Gasteiger partial charge in [-0.15, -0.1) is 0 Å². The first kappa shape index (κ1) is 12.1. The zero-order valence-corrected chi connectivity index (χ0v) is 11.0. The number of aryl methyl sites for hydroxylation is 2. The molecule has 0 amide bonds. The Bertz CT molecular complexity index is 503. The van der Waals surface area contributed by atoms with Crippen LogP contribution < -0.4 is 5.32 Å². The largest absolute Gasteiger partial charge is 0.379 e. The maximum absolute atomic E-state index is 5.93. The number of anilines is 1. The molecule has 0 aliphatic rings. The zero-order chi connectivity index (χ0) is 12.3. The number of benzene rings is 1. The lowest BCUT2D eigenvalue weighted by Crippen LogP contribution is -2.06. The normalized spacial score (nSPS) is 10.5. The van der Waals surface area contributed by atoms with Crippen LogP contribution in [-0.2, 0) is 13.1 Å². The molecule has 2 nitrogen and oxygen atoms in total. The summed E-state index contributed by atoms with van der Waals surface area (Å²) < 4.78 is 2.23. The molecule has 2 rings (SSSR count). The number of hydrogen-bond acceptors (Lipinski definition) is 1. The average Bonchev–Trinajstić information content (AvgIpc) is 2.75. The van der Waals surface area contributed by atoms with E-state index in [2.05, 4.69) is 42.1 Å². The minimum absolute atomic E-state index is 0.782. The minimum Gasteiger partial charge on any atom is -0.379 e. The van der Waals surface area contributed by atoms with E-state index in [1.165, 1.54) is 11.3 Å². The molecule has 17 heavy (non-hydrogen) atoms. The van der Waals surface area contributed by atoms with Gasteiger partial charge in [0, 0.05) is 29.1 Å². The minimum atomic E-state index is 0.782. The lowest BCUT2D eigenvalue weighted by Gasteiger charge is -2.11. The topological polar surface area (TPSA) is 17.0 Å². The third kappa shape index (κ3) is 2.83. The van der Waals surface area contributed by atoms with Crippen molar-refractivity contribution in [2.45, 2.75) is 26.9 Å². The van der Waals surface area contributed by atoms with E-state index in [1.54, 1.807) is 0 Å². The van der Waals surface area contributed by atoms with Gasteiger partial charge < -0.3 is 9.88 Å². The van der Waals surface area contributed by atoms with E-state index in [4.69, 9.17) is 11.6 Å². The Balaban J connectivity index is 2.07. The van der Waals surface area contributed by atoms with Gasteiger partial charge in [0.15, 0.2) is 0 Å². The van der Waals surface area contributed by atoms with Crippen molar-refractivity contribution in [3.05, 3.63) is 52.8 Å². The van der Waals surface area contributed by atoms with E-state index in [0.717, 1.165) is 23.8 Å². The highest BCUT2D eigenvalue weighted by Gasteiger charge is 2.01. The van der Waals surface area contributed by atoms with Crippen molar-refractivity contribution in [1.82, 2.24) is 4.57 Å². The maximum atomic E-state index is 5.93. The molecule has 1 aromatic carbocycles. The molecule has 0 bridgehead atoms. The highest BCUT2D eigenvalue weighted by molar-refractivity contribution is 6.30. The summed E-state index contributed by atoms with van der Waals surface area (Å²) in [7, 11) is 0. The Morgan fingerprint density at radius 1 is 1.29 bits per heavy atom. The first-order valence-electron chi connectivity index (χ1n) is 5.84. The first-order chi connectivity index (χ1) is 8.20. The molecule has 0 spiro atoms. The third-order valence-electron chi connectivity index (χ3n) is 2.91. The first-order valence-corrected chi connectivity index (χ1v) is 6.22. The van der Waals surface area contributed by atoms with Gasteiger partial charge >= 0.3 is 0 Å². The van der Waals surface area contributed by atoms with Gasteiger partial charge in [0.1, 0.15) is 0 Å². The molecule has 0 saturated carbocycles. The molecule has 0 aliphatic heterocycles. The fraction of sp³-hybridized carbons (Fsp3) is 0.286. The number of rotatable bonds is 4. The quantitative estimate of drug-likeness (QED) is 0.863. The molecule has 2 aromatic rings. The Kier molecular flexibility index (Phi) is 3.75. The molecule has 1 heterocycles. The Labute approximate surface area is 107 Å². The van der Waals surface area contributed by atoms with Crippen molar-refractivity contribution in [2.24, 2.45) is 0 Å². The van der Waals surface area contributed by atoms with Crippen molar-refractivity contribution in [2.75, 3.05) is 5.32 Å². The summed E-state index contributed by atoms with van der Waals surface area (Å²) in [6, 6.07) is 10.1. The van der Waals surface area contributed by atoms with Crippen molar-refractivity contribution < 1.29 is 0 Å². The molecule has 0 aliphatic carbocycles. The summed E-state index contributed by atoms with van der Waals surface area (Å²) in [5.41, 5.74) is 3.60. The van der Waals surface area contributed by atoms with Crippen LogP contribution in [-0.4, -0.2) is 4.57 Å². The van der Waals surface area contributed by atoms with E-state index < -0.39 is 0 Å².